The number of thiazole rings is 1. The molecule has 3 aromatic rings. The van der Waals surface area contributed by atoms with Gasteiger partial charge in [0.1, 0.15) is 12.4 Å². The average Bonchev–Trinajstić information content (AvgIpc) is 3.55. The normalized spacial score (nSPS) is 20.2. The van der Waals surface area contributed by atoms with E-state index in [1.165, 1.54) is 16.7 Å². The second-order valence-electron chi connectivity index (χ2n) is 10.2. The fourth-order valence-electron chi connectivity index (χ4n) is 5.14. The number of ether oxygens (including phenoxy) is 2. The van der Waals surface area contributed by atoms with Crippen molar-refractivity contribution in [2.24, 2.45) is 5.92 Å². The van der Waals surface area contributed by atoms with Crippen LogP contribution >= 0.6 is 11.3 Å². The van der Waals surface area contributed by atoms with Gasteiger partial charge in [-0.05, 0) is 61.9 Å². The van der Waals surface area contributed by atoms with Gasteiger partial charge in [-0.1, -0.05) is 29.8 Å². The van der Waals surface area contributed by atoms with Crippen LogP contribution < -0.4 is 10.1 Å². The number of aryl methyl sites for hydroxylation is 2. The van der Waals surface area contributed by atoms with Crippen LogP contribution in [0.1, 0.15) is 41.5 Å². The lowest BCUT2D eigenvalue weighted by Gasteiger charge is -2.26. The number of hydrogen-bond donors (Lipinski definition) is 2. The highest BCUT2D eigenvalue weighted by Crippen LogP contribution is 2.35. The van der Waals surface area contributed by atoms with Crippen molar-refractivity contribution in [1.29, 1.82) is 0 Å². The summed E-state index contributed by atoms with van der Waals surface area (Å²) in [5.74, 6) is -0.149. The van der Waals surface area contributed by atoms with Gasteiger partial charge in [-0.15, -0.1) is 11.3 Å². The Bertz CT molecular complexity index is 1240. The van der Waals surface area contributed by atoms with Gasteiger partial charge in [-0.25, -0.2) is 4.98 Å². The number of hydrogen-bond acceptors (Lipinski definition) is 7. The molecule has 1 aromatic heterocycles. The number of morpholine rings is 1. The van der Waals surface area contributed by atoms with E-state index in [0.29, 0.717) is 19.4 Å². The van der Waals surface area contributed by atoms with E-state index in [9.17, 15) is 9.90 Å². The molecule has 2 heterocycles. The minimum Gasteiger partial charge on any atom is -0.488 e. The smallest absolute Gasteiger partial charge is 0.306 e. The number of carbonyl (C=O) groups is 1. The summed E-state index contributed by atoms with van der Waals surface area (Å²) in [5, 5.41) is 15.6. The van der Waals surface area contributed by atoms with Crippen molar-refractivity contribution in [3.8, 4) is 17.0 Å². The molecule has 1 aliphatic heterocycles. The van der Waals surface area contributed by atoms with Crippen LogP contribution in [0.25, 0.3) is 11.3 Å². The van der Waals surface area contributed by atoms with Gasteiger partial charge in [-0.3, -0.25) is 9.69 Å². The van der Waals surface area contributed by atoms with E-state index in [-0.39, 0.29) is 12.0 Å². The van der Waals surface area contributed by atoms with Gasteiger partial charge in [-0.2, -0.15) is 0 Å². The average molecular weight is 522 g/mol. The van der Waals surface area contributed by atoms with Crippen LogP contribution in [0.2, 0.25) is 0 Å². The Balaban J connectivity index is 1.24. The topological polar surface area (TPSA) is 83.9 Å². The summed E-state index contributed by atoms with van der Waals surface area (Å²) in [6, 6.07) is 13.0. The Morgan fingerprint density at radius 3 is 2.78 bits per heavy atom. The molecule has 196 valence electrons. The minimum absolute atomic E-state index is 0.155. The summed E-state index contributed by atoms with van der Waals surface area (Å²) in [4.78, 5) is 18.5. The fraction of sp³-hybridized carbons (Fsp3) is 0.448. The van der Waals surface area contributed by atoms with Gasteiger partial charge in [0.05, 0.1) is 24.8 Å². The maximum Gasteiger partial charge on any atom is 0.306 e. The Morgan fingerprint density at radius 1 is 1.19 bits per heavy atom. The van der Waals surface area contributed by atoms with Crippen molar-refractivity contribution < 1.29 is 19.4 Å². The number of anilines is 1. The summed E-state index contributed by atoms with van der Waals surface area (Å²) in [6.45, 7) is 9.25. The zero-order valence-corrected chi connectivity index (χ0v) is 22.4. The molecule has 5 rings (SSSR count). The second kappa shape index (κ2) is 11.6. The fourth-order valence-corrected chi connectivity index (χ4v) is 5.93. The standard InChI is InChI=1S/C29H35N3O4S/c1-19-3-8-27(36-17-23-5-4-21(14-20(23)2)16-32-9-11-35-12-10-32)25(13-19)26-18-37-29(31-26)30-24-7-6-22(15-24)28(33)34/h3-5,8,13-14,18,22,24H,6-7,9-12,15-17H2,1-2H3,(H,30,31)(H,33,34)/t22-,24+/m1/s1. The van der Waals surface area contributed by atoms with E-state index in [4.69, 9.17) is 14.5 Å². The lowest BCUT2D eigenvalue weighted by atomic mass is 10.0. The molecule has 1 saturated heterocycles. The SMILES string of the molecule is Cc1ccc(OCc2ccc(CN3CCOCC3)cc2C)c(-c2csc(N[C@H]3CC[C@@H](C(=O)O)C3)n2)c1. The lowest BCUT2D eigenvalue weighted by molar-refractivity contribution is -0.141. The Hall–Kier alpha value is -2.94. The van der Waals surface area contributed by atoms with Crippen molar-refractivity contribution in [2.45, 2.75) is 52.3 Å². The van der Waals surface area contributed by atoms with Gasteiger partial charge in [0, 0.05) is 36.6 Å². The van der Waals surface area contributed by atoms with E-state index in [2.05, 4.69) is 54.4 Å². The van der Waals surface area contributed by atoms with Gasteiger partial charge >= 0.3 is 5.97 Å². The number of aromatic nitrogens is 1. The molecule has 2 N–H and O–H groups in total. The summed E-state index contributed by atoms with van der Waals surface area (Å²) in [7, 11) is 0. The first-order valence-electron chi connectivity index (χ1n) is 13.0. The number of benzene rings is 2. The van der Waals surface area contributed by atoms with Crippen molar-refractivity contribution >= 4 is 22.4 Å². The first kappa shape index (κ1) is 25.7. The molecular formula is C29H35N3O4S. The van der Waals surface area contributed by atoms with Gasteiger partial charge in [0.15, 0.2) is 5.13 Å². The molecule has 2 atom stereocenters. The predicted octanol–water partition coefficient (Wildman–Crippen LogP) is 5.50. The molecule has 0 amide bonds. The molecule has 2 fully saturated rings. The Labute approximate surface area is 222 Å². The van der Waals surface area contributed by atoms with Gasteiger partial charge in [0.25, 0.3) is 0 Å². The third-order valence-corrected chi connectivity index (χ3v) is 8.10. The zero-order chi connectivity index (χ0) is 25.8. The highest BCUT2D eigenvalue weighted by molar-refractivity contribution is 7.14. The van der Waals surface area contributed by atoms with Crippen LogP contribution in [-0.2, 0) is 22.7 Å². The van der Waals surface area contributed by atoms with Crippen LogP contribution in [0.4, 0.5) is 5.13 Å². The molecule has 0 bridgehead atoms. The third kappa shape index (κ3) is 6.50. The molecular weight excluding hydrogens is 486 g/mol. The van der Waals surface area contributed by atoms with Crippen molar-refractivity contribution in [3.63, 3.8) is 0 Å². The Kier molecular flexibility index (Phi) is 8.08. The molecule has 0 spiro atoms. The van der Waals surface area contributed by atoms with Crippen molar-refractivity contribution in [1.82, 2.24) is 9.88 Å². The van der Waals surface area contributed by atoms with Crippen LogP contribution in [0.15, 0.2) is 41.8 Å². The number of nitrogens with zero attached hydrogens (tertiary/aromatic N) is 2. The van der Waals surface area contributed by atoms with Crippen LogP contribution in [0.3, 0.4) is 0 Å². The van der Waals surface area contributed by atoms with Crippen LogP contribution in [-0.4, -0.2) is 53.3 Å². The molecule has 2 aromatic carbocycles. The van der Waals surface area contributed by atoms with Gasteiger partial charge < -0.3 is 19.9 Å². The molecule has 7 nitrogen and oxygen atoms in total. The highest BCUT2D eigenvalue weighted by atomic mass is 32.1. The number of aliphatic carboxylic acids is 1. The predicted molar refractivity (Wildman–Crippen MR) is 146 cm³/mol. The number of carboxylic acid groups (broad SMARTS) is 1. The first-order valence-corrected chi connectivity index (χ1v) is 13.9. The maximum absolute atomic E-state index is 11.3. The molecule has 0 unspecified atom stereocenters. The highest BCUT2D eigenvalue weighted by Gasteiger charge is 2.30. The zero-order valence-electron chi connectivity index (χ0n) is 21.5. The summed E-state index contributed by atoms with van der Waals surface area (Å²) in [5.41, 5.74) is 6.72. The molecule has 1 saturated carbocycles. The van der Waals surface area contributed by atoms with E-state index < -0.39 is 5.97 Å². The lowest BCUT2D eigenvalue weighted by Crippen LogP contribution is -2.35. The summed E-state index contributed by atoms with van der Waals surface area (Å²) in [6.07, 6.45) is 2.22. The number of carboxylic acids is 1. The molecule has 1 aliphatic carbocycles. The van der Waals surface area contributed by atoms with Crippen molar-refractivity contribution in [2.75, 3.05) is 31.6 Å². The van der Waals surface area contributed by atoms with E-state index in [1.807, 2.05) is 11.4 Å². The molecule has 2 aliphatic rings. The number of rotatable bonds is 9. The van der Waals surface area contributed by atoms with E-state index >= 15 is 0 Å². The maximum atomic E-state index is 11.3. The second-order valence-corrected chi connectivity index (χ2v) is 11.0. The Morgan fingerprint density at radius 2 is 2.03 bits per heavy atom. The number of nitrogens with one attached hydrogen (secondary N) is 1. The molecule has 8 heteroatoms. The van der Waals surface area contributed by atoms with E-state index in [0.717, 1.165) is 67.0 Å². The van der Waals surface area contributed by atoms with E-state index in [1.54, 1.807) is 11.3 Å². The first-order chi connectivity index (χ1) is 17.9. The van der Waals surface area contributed by atoms with Crippen molar-refractivity contribution in [3.05, 3.63) is 64.0 Å². The summed E-state index contributed by atoms with van der Waals surface area (Å²) < 4.78 is 11.8. The minimum atomic E-state index is -0.701. The van der Waals surface area contributed by atoms with Crippen LogP contribution in [0.5, 0.6) is 5.75 Å². The van der Waals surface area contributed by atoms with Crippen LogP contribution in [0, 0.1) is 19.8 Å². The monoisotopic (exact) mass is 521 g/mol. The molecule has 37 heavy (non-hydrogen) atoms. The molecule has 0 radical (unpaired) electrons. The summed E-state index contributed by atoms with van der Waals surface area (Å²) >= 11 is 1.55. The van der Waals surface area contributed by atoms with Gasteiger partial charge in [0.2, 0.25) is 0 Å². The largest absolute Gasteiger partial charge is 0.488 e. The third-order valence-electron chi connectivity index (χ3n) is 7.32. The quantitative estimate of drug-likeness (QED) is 0.384.